The van der Waals surface area contributed by atoms with Crippen LogP contribution in [0.1, 0.15) is 31.2 Å². The molecule has 2 saturated heterocycles. The van der Waals surface area contributed by atoms with Crippen LogP contribution < -0.4 is 4.74 Å². The molecule has 0 atom stereocenters. The summed E-state index contributed by atoms with van der Waals surface area (Å²) in [6.45, 7) is 4.33. The van der Waals surface area contributed by atoms with E-state index < -0.39 is 10.2 Å². The van der Waals surface area contributed by atoms with Crippen LogP contribution in [-0.4, -0.2) is 73.3 Å². The van der Waals surface area contributed by atoms with E-state index in [4.69, 9.17) is 16.3 Å². The van der Waals surface area contributed by atoms with Crippen molar-refractivity contribution in [1.29, 1.82) is 0 Å². The number of pyridine rings is 1. The highest BCUT2D eigenvalue weighted by atomic mass is 35.5. The Morgan fingerprint density at radius 3 is 2.30 bits per heavy atom. The Bertz CT molecular complexity index is 985. The molecule has 0 unspecified atom stereocenters. The summed E-state index contributed by atoms with van der Waals surface area (Å²) >= 11 is 6.44. The standard InChI is InChI=1S/C21H29ClN4O3S/c1-29-19-7-6-17-14-18(21(22)23-20(17)15-19)16-24-10-12-26(13-11-24)30(27,28)25-8-4-2-3-5-9-25/h6-7,14-15H,2-5,8-13,16H2,1H3. The van der Waals surface area contributed by atoms with Gasteiger partial charge in [0.15, 0.2) is 0 Å². The van der Waals surface area contributed by atoms with Crippen molar-refractivity contribution in [3.63, 3.8) is 0 Å². The Morgan fingerprint density at radius 1 is 0.967 bits per heavy atom. The van der Waals surface area contributed by atoms with Crippen molar-refractivity contribution in [3.8, 4) is 5.75 Å². The molecule has 0 aliphatic carbocycles. The molecule has 0 saturated carbocycles. The molecule has 0 radical (unpaired) electrons. The largest absolute Gasteiger partial charge is 0.497 e. The Labute approximate surface area is 183 Å². The summed E-state index contributed by atoms with van der Waals surface area (Å²) in [5.74, 6) is 0.751. The van der Waals surface area contributed by atoms with E-state index in [2.05, 4.69) is 16.0 Å². The summed E-state index contributed by atoms with van der Waals surface area (Å²) in [5.41, 5.74) is 1.76. The average molecular weight is 453 g/mol. The predicted octanol–water partition coefficient (Wildman–Crippen LogP) is 3.14. The second-order valence-corrected chi connectivity index (χ2v) is 10.3. The number of benzene rings is 1. The van der Waals surface area contributed by atoms with Crippen LogP contribution in [0.4, 0.5) is 0 Å². The van der Waals surface area contributed by atoms with E-state index in [0.717, 1.165) is 47.9 Å². The van der Waals surface area contributed by atoms with Crippen molar-refractivity contribution in [2.24, 2.45) is 0 Å². The zero-order chi connectivity index (χ0) is 21.1. The van der Waals surface area contributed by atoms with Crippen molar-refractivity contribution in [3.05, 3.63) is 35.0 Å². The number of ether oxygens (including phenoxy) is 1. The van der Waals surface area contributed by atoms with Crippen LogP contribution in [0.5, 0.6) is 5.75 Å². The first-order valence-corrected chi connectivity index (χ1v) is 12.4. The minimum atomic E-state index is -3.36. The third kappa shape index (κ3) is 4.73. The molecule has 2 aliphatic rings. The van der Waals surface area contributed by atoms with Gasteiger partial charge in [-0.3, -0.25) is 4.90 Å². The monoisotopic (exact) mass is 452 g/mol. The van der Waals surface area contributed by atoms with Crippen LogP contribution in [0.2, 0.25) is 5.15 Å². The first kappa shape index (κ1) is 21.8. The maximum Gasteiger partial charge on any atom is 0.282 e. The fourth-order valence-corrected chi connectivity index (χ4v) is 6.08. The summed E-state index contributed by atoms with van der Waals surface area (Å²) in [4.78, 5) is 6.76. The van der Waals surface area contributed by atoms with Crippen molar-refractivity contribution < 1.29 is 13.2 Å². The SMILES string of the molecule is COc1ccc2cc(CN3CCN(S(=O)(=O)N4CCCCCC4)CC3)c(Cl)nc2c1. The van der Waals surface area contributed by atoms with Gasteiger partial charge in [-0.25, -0.2) is 4.98 Å². The van der Waals surface area contributed by atoms with E-state index >= 15 is 0 Å². The van der Waals surface area contributed by atoms with Gasteiger partial charge in [-0.15, -0.1) is 0 Å². The summed E-state index contributed by atoms with van der Waals surface area (Å²) in [6.07, 6.45) is 4.15. The molecule has 164 valence electrons. The van der Waals surface area contributed by atoms with Gasteiger partial charge in [0.25, 0.3) is 10.2 Å². The Kier molecular flexibility index (Phi) is 6.79. The van der Waals surface area contributed by atoms with Crippen LogP contribution in [0, 0.1) is 0 Å². The summed E-state index contributed by atoms with van der Waals surface area (Å²) in [6, 6.07) is 7.82. The molecule has 0 spiro atoms. The van der Waals surface area contributed by atoms with Gasteiger partial charge in [0, 0.05) is 62.8 Å². The quantitative estimate of drug-likeness (QED) is 0.652. The highest BCUT2D eigenvalue weighted by Gasteiger charge is 2.32. The minimum absolute atomic E-state index is 0.482. The minimum Gasteiger partial charge on any atom is -0.497 e. The number of rotatable bonds is 5. The van der Waals surface area contributed by atoms with Crippen LogP contribution in [0.15, 0.2) is 24.3 Å². The zero-order valence-electron chi connectivity index (χ0n) is 17.4. The number of hydrogen-bond acceptors (Lipinski definition) is 5. The molecule has 7 nitrogen and oxygen atoms in total. The predicted molar refractivity (Wildman–Crippen MR) is 119 cm³/mol. The Hall–Kier alpha value is -1.45. The first-order chi connectivity index (χ1) is 14.5. The summed E-state index contributed by atoms with van der Waals surface area (Å²) in [7, 11) is -1.73. The molecular weight excluding hydrogens is 424 g/mol. The van der Waals surface area contributed by atoms with E-state index in [1.165, 1.54) is 0 Å². The van der Waals surface area contributed by atoms with Gasteiger partial charge < -0.3 is 4.74 Å². The fourth-order valence-electron chi connectivity index (χ4n) is 4.20. The van der Waals surface area contributed by atoms with Gasteiger partial charge in [0.05, 0.1) is 12.6 Å². The summed E-state index contributed by atoms with van der Waals surface area (Å²) < 4.78 is 34.6. The van der Waals surface area contributed by atoms with Crippen LogP contribution in [0.25, 0.3) is 10.9 Å². The average Bonchev–Trinajstić information content (AvgIpc) is 3.04. The van der Waals surface area contributed by atoms with E-state index in [1.54, 1.807) is 15.7 Å². The molecule has 2 aromatic rings. The second kappa shape index (κ2) is 9.36. The van der Waals surface area contributed by atoms with Gasteiger partial charge in [-0.05, 0) is 31.0 Å². The smallest absolute Gasteiger partial charge is 0.282 e. The van der Waals surface area contributed by atoms with E-state index in [9.17, 15) is 8.42 Å². The number of aromatic nitrogens is 1. The molecule has 1 aromatic carbocycles. The van der Waals surface area contributed by atoms with Crippen molar-refractivity contribution >= 4 is 32.7 Å². The zero-order valence-corrected chi connectivity index (χ0v) is 19.0. The lowest BCUT2D eigenvalue weighted by molar-refractivity contribution is 0.175. The van der Waals surface area contributed by atoms with Gasteiger partial charge in [0.2, 0.25) is 0 Å². The maximum absolute atomic E-state index is 13.0. The molecule has 2 aliphatic heterocycles. The van der Waals surface area contributed by atoms with E-state index in [-0.39, 0.29) is 0 Å². The van der Waals surface area contributed by atoms with Gasteiger partial charge in [0.1, 0.15) is 10.9 Å². The number of methoxy groups -OCH3 is 1. The van der Waals surface area contributed by atoms with E-state index in [1.807, 2.05) is 18.2 Å². The third-order valence-corrected chi connectivity index (χ3v) is 8.36. The number of nitrogens with zero attached hydrogens (tertiary/aromatic N) is 4. The van der Waals surface area contributed by atoms with Crippen LogP contribution in [0.3, 0.4) is 0 Å². The highest BCUT2D eigenvalue weighted by Crippen LogP contribution is 2.26. The molecule has 9 heteroatoms. The van der Waals surface area contributed by atoms with Crippen molar-refractivity contribution in [1.82, 2.24) is 18.5 Å². The summed E-state index contributed by atoms with van der Waals surface area (Å²) in [5, 5.41) is 1.49. The highest BCUT2D eigenvalue weighted by molar-refractivity contribution is 7.86. The maximum atomic E-state index is 13.0. The second-order valence-electron chi connectivity index (χ2n) is 7.99. The molecule has 1 aromatic heterocycles. The molecular formula is C21H29ClN4O3S. The third-order valence-electron chi connectivity index (χ3n) is 5.99. The topological polar surface area (TPSA) is 66.0 Å². The molecule has 0 N–H and O–H groups in total. The Morgan fingerprint density at radius 2 is 1.63 bits per heavy atom. The molecule has 2 fully saturated rings. The fraction of sp³-hybridized carbons (Fsp3) is 0.571. The molecule has 30 heavy (non-hydrogen) atoms. The van der Waals surface area contributed by atoms with Crippen molar-refractivity contribution in [2.45, 2.75) is 32.2 Å². The lowest BCUT2D eigenvalue weighted by Crippen LogP contribution is -2.52. The number of piperazine rings is 1. The lowest BCUT2D eigenvalue weighted by Gasteiger charge is -2.36. The van der Waals surface area contributed by atoms with Gasteiger partial charge in [-0.1, -0.05) is 24.4 Å². The van der Waals surface area contributed by atoms with Crippen LogP contribution >= 0.6 is 11.6 Å². The number of hydrogen-bond donors (Lipinski definition) is 0. The molecule has 3 heterocycles. The number of fused-ring (bicyclic) bond motifs is 1. The van der Waals surface area contributed by atoms with Crippen molar-refractivity contribution in [2.75, 3.05) is 46.4 Å². The number of halogens is 1. The molecule has 0 bridgehead atoms. The Balaban J connectivity index is 1.40. The molecule has 4 rings (SSSR count). The lowest BCUT2D eigenvalue weighted by atomic mass is 10.1. The van der Waals surface area contributed by atoms with Gasteiger partial charge in [-0.2, -0.15) is 17.0 Å². The van der Waals surface area contributed by atoms with Gasteiger partial charge >= 0.3 is 0 Å². The molecule has 0 amide bonds. The van der Waals surface area contributed by atoms with Crippen LogP contribution in [-0.2, 0) is 16.8 Å². The normalized spacial score (nSPS) is 20.3. The first-order valence-electron chi connectivity index (χ1n) is 10.6. The van der Waals surface area contributed by atoms with E-state index in [0.29, 0.717) is 51.0 Å².